The molecule has 2 aromatic carbocycles. The molecule has 0 saturated heterocycles. The second kappa shape index (κ2) is 7.53. The zero-order chi connectivity index (χ0) is 18.0. The monoisotopic (exact) mass is 393 g/mol. The van der Waals surface area contributed by atoms with Crippen LogP contribution in [-0.2, 0) is 0 Å². The van der Waals surface area contributed by atoms with E-state index in [9.17, 15) is 0 Å². The molecule has 0 spiro atoms. The predicted molar refractivity (Wildman–Crippen MR) is 111 cm³/mol. The van der Waals surface area contributed by atoms with Crippen molar-refractivity contribution in [3.63, 3.8) is 0 Å². The maximum absolute atomic E-state index is 4.52. The maximum Gasteiger partial charge on any atom is 0.0702 e. The van der Waals surface area contributed by atoms with Crippen LogP contribution in [0.3, 0.4) is 0 Å². The van der Waals surface area contributed by atoms with E-state index in [1.807, 2.05) is 18.3 Å². The van der Waals surface area contributed by atoms with Gasteiger partial charge in [0.15, 0.2) is 0 Å². The first kappa shape index (κ1) is 17.9. The second-order valence-electron chi connectivity index (χ2n) is 7.06. The Hall–Kier alpha value is -1.93. The van der Waals surface area contributed by atoms with Gasteiger partial charge in [-0.15, -0.1) is 0 Å². The number of aromatic nitrogens is 1. The number of nitrogens with zero attached hydrogens (tertiary/aromatic N) is 1. The third kappa shape index (κ3) is 3.85. The highest BCUT2D eigenvalue weighted by Gasteiger charge is 2.16. The summed E-state index contributed by atoms with van der Waals surface area (Å²) in [6.07, 6.45) is 1.84. The fraction of sp³-hybridized carbons (Fsp3) is 0.261. The summed E-state index contributed by atoms with van der Waals surface area (Å²) < 4.78 is 1.08. The van der Waals surface area contributed by atoms with E-state index < -0.39 is 0 Å². The van der Waals surface area contributed by atoms with Crippen molar-refractivity contribution in [2.45, 2.75) is 39.5 Å². The van der Waals surface area contributed by atoms with Gasteiger partial charge in [-0.25, -0.2) is 0 Å². The molecule has 25 heavy (non-hydrogen) atoms. The largest absolute Gasteiger partial charge is 0.256 e. The lowest BCUT2D eigenvalue weighted by atomic mass is 9.84. The molecule has 1 heterocycles. The number of rotatable bonds is 4. The summed E-state index contributed by atoms with van der Waals surface area (Å²) in [5, 5.41) is 0. The molecule has 0 fully saturated rings. The molecule has 2 heteroatoms. The molecule has 128 valence electrons. The van der Waals surface area contributed by atoms with Gasteiger partial charge < -0.3 is 0 Å². The van der Waals surface area contributed by atoms with Crippen molar-refractivity contribution >= 4 is 15.9 Å². The lowest BCUT2D eigenvalue weighted by Crippen LogP contribution is -2.00. The van der Waals surface area contributed by atoms with E-state index in [0.717, 1.165) is 15.7 Å². The summed E-state index contributed by atoms with van der Waals surface area (Å²) in [7, 11) is 0. The second-order valence-corrected chi connectivity index (χ2v) is 7.98. The molecule has 0 aliphatic carbocycles. The first-order valence-electron chi connectivity index (χ1n) is 8.82. The molecule has 0 radical (unpaired) electrons. The van der Waals surface area contributed by atoms with Gasteiger partial charge in [0.1, 0.15) is 0 Å². The Labute approximate surface area is 159 Å². The highest BCUT2D eigenvalue weighted by molar-refractivity contribution is 9.10. The fourth-order valence-electron chi connectivity index (χ4n) is 3.30. The summed E-state index contributed by atoms with van der Waals surface area (Å²) in [6, 6.07) is 19.4. The lowest BCUT2D eigenvalue weighted by Gasteiger charge is -2.20. The van der Waals surface area contributed by atoms with Crippen LogP contribution >= 0.6 is 15.9 Å². The molecule has 0 amide bonds. The van der Waals surface area contributed by atoms with Crippen LogP contribution in [0, 0.1) is 0 Å². The maximum atomic E-state index is 4.52. The Morgan fingerprint density at radius 2 is 1.40 bits per heavy atom. The van der Waals surface area contributed by atoms with Gasteiger partial charge in [-0.3, -0.25) is 4.98 Å². The van der Waals surface area contributed by atoms with Crippen molar-refractivity contribution < 1.29 is 0 Å². The van der Waals surface area contributed by atoms with Crippen LogP contribution < -0.4 is 0 Å². The van der Waals surface area contributed by atoms with Gasteiger partial charge in [-0.1, -0.05) is 67.9 Å². The van der Waals surface area contributed by atoms with Crippen molar-refractivity contribution in [2.24, 2.45) is 0 Å². The van der Waals surface area contributed by atoms with Crippen molar-refractivity contribution in [1.82, 2.24) is 4.98 Å². The van der Waals surface area contributed by atoms with Gasteiger partial charge in [-0.2, -0.15) is 0 Å². The van der Waals surface area contributed by atoms with E-state index in [1.54, 1.807) is 0 Å². The van der Waals surface area contributed by atoms with E-state index >= 15 is 0 Å². The number of benzene rings is 2. The lowest BCUT2D eigenvalue weighted by molar-refractivity contribution is 0.838. The molecule has 3 aromatic rings. The van der Waals surface area contributed by atoms with Gasteiger partial charge in [-0.05, 0) is 64.4 Å². The van der Waals surface area contributed by atoms with Crippen LogP contribution in [0.4, 0.5) is 0 Å². The third-order valence-electron chi connectivity index (χ3n) is 4.52. The topological polar surface area (TPSA) is 12.9 Å². The molecule has 0 N–H and O–H groups in total. The van der Waals surface area contributed by atoms with Crippen molar-refractivity contribution in [1.29, 1.82) is 0 Å². The number of pyridine rings is 1. The highest BCUT2D eigenvalue weighted by Crippen LogP contribution is 2.38. The summed E-state index contributed by atoms with van der Waals surface area (Å²) in [5.74, 6) is 0.956. The van der Waals surface area contributed by atoms with E-state index in [-0.39, 0.29) is 0 Å². The number of hydrogen-bond donors (Lipinski definition) is 0. The van der Waals surface area contributed by atoms with Crippen LogP contribution in [0.2, 0.25) is 0 Å². The van der Waals surface area contributed by atoms with Crippen LogP contribution in [-0.4, -0.2) is 4.98 Å². The first-order chi connectivity index (χ1) is 12.0. The molecular weight excluding hydrogens is 370 g/mol. The Balaban J connectivity index is 2.25. The molecule has 0 saturated carbocycles. The first-order valence-corrected chi connectivity index (χ1v) is 9.62. The minimum Gasteiger partial charge on any atom is -0.256 e. The number of halogens is 1. The summed E-state index contributed by atoms with van der Waals surface area (Å²) in [6.45, 7) is 9.06. The van der Waals surface area contributed by atoms with Gasteiger partial charge in [0.2, 0.25) is 0 Å². The van der Waals surface area contributed by atoms with Gasteiger partial charge in [0.25, 0.3) is 0 Å². The average molecular weight is 394 g/mol. The van der Waals surface area contributed by atoms with Crippen LogP contribution in [0.25, 0.3) is 22.4 Å². The van der Waals surface area contributed by atoms with Crippen molar-refractivity contribution in [3.05, 3.63) is 76.4 Å². The SMILES string of the molecule is CC(C)c1cccc(C(C)C)c1-c1cc(Br)cc(-c2ccccn2)c1. The third-order valence-corrected chi connectivity index (χ3v) is 4.98. The van der Waals surface area contributed by atoms with Crippen LogP contribution in [0.5, 0.6) is 0 Å². The molecule has 1 aromatic heterocycles. The van der Waals surface area contributed by atoms with Crippen LogP contribution in [0.15, 0.2) is 65.3 Å². The molecule has 0 bridgehead atoms. The van der Waals surface area contributed by atoms with Gasteiger partial charge in [0.05, 0.1) is 5.69 Å². The average Bonchev–Trinajstić information content (AvgIpc) is 2.61. The smallest absolute Gasteiger partial charge is 0.0702 e. The zero-order valence-electron chi connectivity index (χ0n) is 15.3. The quantitative estimate of drug-likeness (QED) is 0.449. The Morgan fingerprint density at radius 3 is 1.96 bits per heavy atom. The minimum atomic E-state index is 0.478. The highest BCUT2D eigenvalue weighted by atomic mass is 79.9. The van der Waals surface area contributed by atoms with E-state index in [0.29, 0.717) is 11.8 Å². The summed E-state index contributed by atoms with van der Waals surface area (Å²) >= 11 is 3.70. The van der Waals surface area contributed by atoms with Crippen LogP contribution in [0.1, 0.15) is 50.7 Å². The van der Waals surface area contributed by atoms with E-state index in [4.69, 9.17) is 0 Å². The van der Waals surface area contributed by atoms with E-state index in [2.05, 4.69) is 91.1 Å². The van der Waals surface area contributed by atoms with Gasteiger partial charge >= 0.3 is 0 Å². The molecule has 0 unspecified atom stereocenters. The van der Waals surface area contributed by atoms with Gasteiger partial charge in [0, 0.05) is 16.2 Å². The Bertz CT molecular complexity index is 840. The molecule has 1 nitrogen and oxygen atoms in total. The predicted octanol–water partition coefficient (Wildman–Crippen LogP) is 7.42. The number of hydrogen-bond acceptors (Lipinski definition) is 1. The molecule has 0 aliphatic heterocycles. The summed E-state index contributed by atoms with van der Waals surface area (Å²) in [4.78, 5) is 4.52. The Morgan fingerprint density at radius 1 is 0.760 bits per heavy atom. The molecule has 3 rings (SSSR count). The van der Waals surface area contributed by atoms with Crippen molar-refractivity contribution in [2.75, 3.05) is 0 Å². The molecule has 0 atom stereocenters. The molecular formula is C23H24BrN. The van der Waals surface area contributed by atoms with Crippen molar-refractivity contribution in [3.8, 4) is 22.4 Å². The summed E-state index contributed by atoms with van der Waals surface area (Å²) in [5.41, 5.74) is 7.55. The Kier molecular flexibility index (Phi) is 5.39. The fourth-order valence-corrected chi connectivity index (χ4v) is 3.79. The van der Waals surface area contributed by atoms with E-state index in [1.165, 1.54) is 22.3 Å². The zero-order valence-corrected chi connectivity index (χ0v) is 16.8. The molecule has 0 aliphatic rings. The minimum absolute atomic E-state index is 0.478. The standard InChI is InChI=1S/C23H24BrN/c1-15(2)20-8-7-9-21(16(3)4)23(20)18-12-17(13-19(24)14-18)22-10-5-6-11-25-22/h5-16H,1-4H3. The normalized spacial score (nSPS) is 11.3.